The SMILES string of the molecule is CCOC(=O)Cc1c(C)cc(Cl)cc1Cl. The van der Waals surface area contributed by atoms with Crippen molar-refractivity contribution in [1.82, 2.24) is 0 Å². The van der Waals surface area contributed by atoms with Crippen LogP contribution in [0.5, 0.6) is 0 Å². The van der Waals surface area contributed by atoms with Crippen molar-refractivity contribution in [3.8, 4) is 0 Å². The zero-order chi connectivity index (χ0) is 11.4. The first-order valence-electron chi connectivity index (χ1n) is 4.64. The Morgan fingerprint density at radius 3 is 2.60 bits per heavy atom. The van der Waals surface area contributed by atoms with Gasteiger partial charge in [0.1, 0.15) is 0 Å². The molecular weight excluding hydrogens is 235 g/mol. The molecule has 82 valence electrons. The number of carbonyl (C=O) groups is 1. The summed E-state index contributed by atoms with van der Waals surface area (Å²) in [4.78, 5) is 11.3. The van der Waals surface area contributed by atoms with Crippen molar-refractivity contribution in [2.24, 2.45) is 0 Å². The molecule has 4 heteroatoms. The number of hydrogen-bond donors (Lipinski definition) is 0. The van der Waals surface area contributed by atoms with Crippen LogP contribution in [0.3, 0.4) is 0 Å². The molecule has 0 atom stereocenters. The predicted molar refractivity (Wildman–Crippen MR) is 61.5 cm³/mol. The number of hydrogen-bond acceptors (Lipinski definition) is 2. The molecule has 0 amide bonds. The fraction of sp³-hybridized carbons (Fsp3) is 0.364. The molecule has 0 radical (unpaired) electrons. The van der Waals surface area contributed by atoms with E-state index in [4.69, 9.17) is 27.9 Å². The molecule has 1 aromatic carbocycles. The molecule has 1 aromatic rings. The van der Waals surface area contributed by atoms with Crippen LogP contribution in [0.25, 0.3) is 0 Å². The lowest BCUT2D eigenvalue weighted by Gasteiger charge is -2.08. The van der Waals surface area contributed by atoms with Crippen LogP contribution in [0.4, 0.5) is 0 Å². The van der Waals surface area contributed by atoms with Crippen molar-refractivity contribution < 1.29 is 9.53 Å². The fourth-order valence-corrected chi connectivity index (χ4v) is 1.97. The van der Waals surface area contributed by atoms with Crippen molar-refractivity contribution in [3.63, 3.8) is 0 Å². The molecule has 0 aliphatic heterocycles. The van der Waals surface area contributed by atoms with E-state index in [2.05, 4.69) is 0 Å². The lowest BCUT2D eigenvalue weighted by Crippen LogP contribution is -2.09. The number of benzene rings is 1. The normalized spacial score (nSPS) is 10.1. The zero-order valence-corrected chi connectivity index (χ0v) is 10.2. The molecule has 15 heavy (non-hydrogen) atoms. The summed E-state index contributed by atoms with van der Waals surface area (Å²) in [7, 11) is 0. The van der Waals surface area contributed by atoms with Crippen LogP contribution < -0.4 is 0 Å². The monoisotopic (exact) mass is 246 g/mol. The van der Waals surface area contributed by atoms with E-state index in [1.807, 2.05) is 6.92 Å². The summed E-state index contributed by atoms with van der Waals surface area (Å²) in [5, 5.41) is 1.08. The molecule has 0 fully saturated rings. The van der Waals surface area contributed by atoms with Gasteiger partial charge in [-0.05, 0) is 37.1 Å². The van der Waals surface area contributed by atoms with Gasteiger partial charge in [-0.2, -0.15) is 0 Å². The van der Waals surface area contributed by atoms with Gasteiger partial charge in [-0.15, -0.1) is 0 Å². The maximum atomic E-state index is 11.3. The highest BCUT2D eigenvalue weighted by atomic mass is 35.5. The largest absolute Gasteiger partial charge is 0.466 e. The first-order valence-corrected chi connectivity index (χ1v) is 5.40. The van der Waals surface area contributed by atoms with E-state index in [0.717, 1.165) is 11.1 Å². The van der Waals surface area contributed by atoms with Crippen LogP contribution in [0, 0.1) is 6.92 Å². The van der Waals surface area contributed by atoms with E-state index in [9.17, 15) is 4.79 Å². The third kappa shape index (κ3) is 3.40. The Morgan fingerprint density at radius 1 is 1.40 bits per heavy atom. The summed E-state index contributed by atoms with van der Waals surface area (Å²) in [6.45, 7) is 4.02. The van der Waals surface area contributed by atoms with Crippen molar-refractivity contribution >= 4 is 29.2 Å². The first-order chi connectivity index (χ1) is 7.04. The molecule has 0 unspecified atom stereocenters. The molecule has 2 nitrogen and oxygen atoms in total. The Labute approximate surface area is 99.1 Å². The second-order valence-electron chi connectivity index (χ2n) is 3.16. The van der Waals surface area contributed by atoms with Gasteiger partial charge in [0.15, 0.2) is 0 Å². The third-order valence-corrected chi connectivity index (χ3v) is 2.57. The van der Waals surface area contributed by atoms with Gasteiger partial charge in [-0.3, -0.25) is 4.79 Å². The second-order valence-corrected chi connectivity index (χ2v) is 4.01. The minimum Gasteiger partial charge on any atom is -0.466 e. The van der Waals surface area contributed by atoms with Crippen molar-refractivity contribution in [2.45, 2.75) is 20.3 Å². The maximum Gasteiger partial charge on any atom is 0.310 e. The molecule has 0 spiro atoms. The van der Waals surface area contributed by atoms with Gasteiger partial charge in [0.05, 0.1) is 13.0 Å². The molecule has 0 saturated heterocycles. The second kappa shape index (κ2) is 5.38. The standard InChI is InChI=1S/C11H12Cl2O2/c1-3-15-11(14)6-9-7(2)4-8(12)5-10(9)13/h4-5H,3,6H2,1-2H3. The molecular formula is C11H12Cl2O2. The smallest absolute Gasteiger partial charge is 0.310 e. The fourth-order valence-electron chi connectivity index (χ4n) is 1.31. The van der Waals surface area contributed by atoms with Gasteiger partial charge >= 0.3 is 5.97 Å². The van der Waals surface area contributed by atoms with Gasteiger partial charge in [0.25, 0.3) is 0 Å². The first kappa shape index (κ1) is 12.3. The van der Waals surface area contributed by atoms with E-state index in [1.165, 1.54) is 0 Å². The van der Waals surface area contributed by atoms with Crippen molar-refractivity contribution in [1.29, 1.82) is 0 Å². The molecule has 0 heterocycles. The van der Waals surface area contributed by atoms with Gasteiger partial charge in [0.2, 0.25) is 0 Å². The summed E-state index contributed by atoms with van der Waals surface area (Å²) in [6, 6.07) is 3.41. The van der Waals surface area contributed by atoms with Crippen LogP contribution in [-0.4, -0.2) is 12.6 Å². The summed E-state index contributed by atoms with van der Waals surface area (Å²) in [5.74, 6) is -0.273. The van der Waals surface area contributed by atoms with Crippen LogP contribution in [0.15, 0.2) is 12.1 Å². The highest BCUT2D eigenvalue weighted by Gasteiger charge is 2.11. The molecule has 1 rings (SSSR count). The van der Waals surface area contributed by atoms with Crippen LogP contribution in [-0.2, 0) is 16.0 Å². The van der Waals surface area contributed by atoms with Crippen LogP contribution in [0.1, 0.15) is 18.1 Å². The number of esters is 1. The number of aryl methyl sites for hydroxylation is 1. The van der Waals surface area contributed by atoms with Gasteiger partial charge in [-0.25, -0.2) is 0 Å². The molecule has 0 aliphatic carbocycles. The number of rotatable bonds is 3. The molecule has 0 N–H and O–H groups in total. The minimum atomic E-state index is -0.273. The highest BCUT2D eigenvalue weighted by Crippen LogP contribution is 2.25. The number of carbonyl (C=O) groups excluding carboxylic acids is 1. The topological polar surface area (TPSA) is 26.3 Å². The minimum absolute atomic E-state index is 0.190. The lowest BCUT2D eigenvalue weighted by atomic mass is 10.1. The highest BCUT2D eigenvalue weighted by molar-refractivity contribution is 6.35. The lowest BCUT2D eigenvalue weighted by molar-refractivity contribution is -0.142. The molecule has 0 bridgehead atoms. The van der Waals surface area contributed by atoms with Crippen LogP contribution >= 0.6 is 23.2 Å². The Balaban J connectivity index is 2.90. The quantitative estimate of drug-likeness (QED) is 0.765. The maximum absolute atomic E-state index is 11.3. The molecule has 0 saturated carbocycles. The summed E-state index contributed by atoms with van der Waals surface area (Å²) in [5.41, 5.74) is 1.68. The van der Waals surface area contributed by atoms with E-state index in [0.29, 0.717) is 16.7 Å². The predicted octanol–water partition coefficient (Wildman–Crippen LogP) is 3.41. The molecule has 0 aromatic heterocycles. The van der Waals surface area contributed by atoms with E-state index >= 15 is 0 Å². The summed E-state index contributed by atoms with van der Waals surface area (Å²) >= 11 is 11.8. The Hall–Kier alpha value is -0.730. The van der Waals surface area contributed by atoms with Gasteiger partial charge < -0.3 is 4.74 Å². The average molecular weight is 247 g/mol. The molecule has 0 aliphatic rings. The van der Waals surface area contributed by atoms with E-state index < -0.39 is 0 Å². The van der Waals surface area contributed by atoms with Crippen molar-refractivity contribution in [2.75, 3.05) is 6.61 Å². The van der Waals surface area contributed by atoms with Crippen molar-refractivity contribution in [3.05, 3.63) is 33.3 Å². The number of halogens is 2. The summed E-state index contributed by atoms with van der Waals surface area (Å²) < 4.78 is 4.86. The Morgan fingerprint density at radius 2 is 2.07 bits per heavy atom. The van der Waals surface area contributed by atoms with Gasteiger partial charge in [-0.1, -0.05) is 23.2 Å². The van der Waals surface area contributed by atoms with E-state index in [1.54, 1.807) is 19.1 Å². The number of ether oxygens (including phenoxy) is 1. The average Bonchev–Trinajstić information content (AvgIpc) is 2.11. The third-order valence-electron chi connectivity index (χ3n) is 2.01. The van der Waals surface area contributed by atoms with Gasteiger partial charge in [0, 0.05) is 10.0 Å². The zero-order valence-electron chi connectivity index (χ0n) is 8.64. The van der Waals surface area contributed by atoms with Crippen LogP contribution in [0.2, 0.25) is 10.0 Å². The van der Waals surface area contributed by atoms with E-state index in [-0.39, 0.29) is 12.4 Å². The Kier molecular flexibility index (Phi) is 4.43. The Bertz CT molecular complexity index is 352. The summed E-state index contributed by atoms with van der Waals surface area (Å²) in [6.07, 6.45) is 0.190.